The number of rotatable bonds is 8. The Morgan fingerprint density at radius 2 is 0.744 bits per heavy atom. The molecule has 4 unspecified atom stereocenters. The van der Waals surface area contributed by atoms with Crippen LogP contribution in [0.4, 0.5) is 52.7 Å². The summed E-state index contributed by atoms with van der Waals surface area (Å²) in [6.07, 6.45) is -15.8. The van der Waals surface area contributed by atoms with Crippen LogP contribution in [0.25, 0.3) is 0 Å². The van der Waals surface area contributed by atoms with E-state index in [1.807, 2.05) is 0 Å². The maximum atomic E-state index is 12.5. The van der Waals surface area contributed by atoms with Gasteiger partial charge in [-0.15, -0.1) is 18.5 Å². The number of alkyl halides is 12. The molecule has 2 rings (SSSR count). The van der Waals surface area contributed by atoms with Gasteiger partial charge in [0.05, 0.1) is 22.3 Å². The third-order valence-electron chi connectivity index (χ3n) is 6.23. The van der Waals surface area contributed by atoms with E-state index in [-0.39, 0.29) is 35.1 Å². The molecule has 0 bridgehead atoms. The fourth-order valence-corrected chi connectivity index (χ4v) is 3.74. The first-order chi connectivity index (χ1) is 19.5. The fraction of sp³-hybridized carbons (Fsp3) is 0.571. The van der Waals surface area contributed by atoms with E-state index in [2.05, 4.69) is 23.8 Å². The largest absolute Gasteiger partial charge is 0.416 e. The Morgan fingerprint density at radius 1 is 0.512 bits per heavy atom. The van der Waals surface area contributed by atoms with Gasteiger partial charge < -0.3 is 5.32 Å². The van der Waals surface area contributed by atoms with Crippen LogP contribution in [0.1, 0.15) is 85.8 Å². The van der Waals surface area contributed by atoms with E-state index in [4.69, 9.17) is 0 Å². The Kier molecular flexibility index (Phi) is 17.1. The summed E-state index contributed by atoms with van der Waals surface area (Å²) >= 11 is 0. The van der Waals surface area contributed by atoms with Gasteiger partial charge in [0.25, 0.3) is 0 Å². The smallest absolute Gasteiger partial charge is 0.316 e. The number of halogens is 12. The van der Waals surface area contributed by atoms with Crippen LogP contribution in [0.5, 0.6) is 0 Å². The Balaban J connectivity index is 0.000000675. The molecule has 0 spiro atoms. The van der Waals surface area contributed by atoms with E-state index in [9.17, 15) is 52.7 Å². The molecule has 248 valence electrons. The van der Waals surface area contributed by atoms with Crippen molar-refractivity contribution in [2.75, 3.05) is 25.4 Å². The molecule has 2 aromatic rings. The van der Waals surface area contributed by atoms with E-state index in [1.165, 1.54) is 0 Å². The van der Waals surface area contributed by atoms with Crippen LogP contribution in [0, 0.1) is 0 Å². The fourth-order valence-electron chi connectivity index (χ4n) is 3.33. The number of benzene rings is 2. The molecule has 0 aliphatic rings. The maximum Gasteiger partial charge on any atom is 0.416 e. The van der Waals surface area contributed by atoms with Crippen LogP contribution in [-0.4, -0.2) is 25.4 Å². The third kappa shape index (κ3) is 15.3. The van der Waals surface area contributed by atoms with Crippen molar-refractivity contribution in [3.63, 3.8) is 0 Å². The monoisotopic (exact) mass is 677 g/mol. The van der Waals surface area contributed by atoms with Crippen LogP contribution in [0.15, 0.2) is 36.4 Å². The van der Waals surface area contributed by atoms with Crippen molar-refractivity contribution in [2.45, 2.75) is 77.1 Å². The standard InChI is InChI=1S/2C12H12F6.C4H13NP2/c2*1-3-7(2)8-4-9(11(13,14)15)6-10(5-8)12(16,17)18;6-3-1-5-2-4-7/h2*4-7H,3H2,1-2H3;5H,1-4,6-7H2. The molecule has 2 aromatic carbocycles. The summed E-state index contributed by atoms with van der Waals surface area (Å²) in [5.74, 6) is -0.707. The highest BCUT2D eigenvalue weighted by Gasteiger charge is 2.38. The first-order valence-corrected chi connectivity index (χ1v) is 14.9. The predicted molar refractivity (Wildman–Crippen MR) is 152 cm³/mol. The van der Waals surface area contributed by atoms with Crippen molar-refractivity contribution in [1.82, 2.24) is 5.32 Å². The van der Waals surface area contributed by atoms with Gasteiger partial charge in [0.1, 0.15) is 0 Å². The molecule has 0 radical (unpaired) electrons. The molecule has 0 amide bonds. The Bertz CT molecular complexity index is 943. The van der Waals surface area contributed by atoms with Crippen LogP contribution in [0.2, 0.25) is 0 Å². The highest BCUT2D eigenvalue weighted by Crippen LogP contribution is 2.39. The zero-order valence-corrected chi connectivity index (χ0v) is 26.4. The van der Waals surface area contributed by atoms with Gasteiger partial charge in [0, 0.05) is 0 Å². The normalized spacial score (nSPS) is 13.8. The highest BCUT2D eigenvalue weighted by molar-refractivity contribution is 7.16. The van der Waals surface area contributed by atoms with Crippen molar-refractivity contribution >= 4 is 18.5 Å². The Hall–Kier alpha value is -1.58. The molecule has 1 nitrogen and oxygen atoms in total. The second-order valence-corrected chi connectivity index (χ2v) is 10.8. The Labute approximate surface area is 249 Å². The molecule has 0 fully saturated rings. The van der Waals surface area contributed by atoms with Gasteiger partial charge in [-0.1, -0.05) is 27.7 Å². The second-order valence-electron chi connectivity index (χ2n) is 9.62. The molecule has 0 saturated carbocycles. The van der Waals surface area contributed by atoms with Gasteiger partial charge >= 0.3 is 24.7 Å². The predicted octanol–water partition coefficient (Wildman–Crippen LogP) is 10.8. The first-order valence-electron chi connectivity index (χ1n) is 13.2. The average Bonchev–Trinajstić information content (AvgIpc) is 2.90. The second kappa shape index (κ2) is 17.8. The zero-order chi connectivity index (χ0) is 33.8. The molecule has 4 atom stereocenters. The van der Waals surface area contributed by atoms with Crippen LogP contribution < -0.4 is 5.32 Å². The van der Waals surface area contributed by atoms with E-state index in [0.717, 1.165) is 49.7 Å². The Morgan fingerprint density at radius 3 is 0.907 bits per heavy atom. The van der Waals surface area contributed by atoms with Crippen molar-refractivity contribution in [2.24, 2.45) is 0 Å². The molecule has 1 N–H and O–H groups in total. The van der Waals surface area contributed by atoms with E-state index in [1.54, 1.807) is 27.7 Å². The van der Waals surface area contributed by atoms with Crippen LogP contribution >= 0.6 is 18.5 Å². The number of hydrogen-bond donors (Lipinski definition) is 1. The number of nitrogens with one attached hydrogen (secondary N) is 1. The van der Waals surface area contributed by atoms with Gasteiger partial charge in [-0.05, 0) is 97.6 Å². The molecule has 0 saturated heterocycles. The molecule has 43 heavy (non-hydrogen) atoms. The topological polar surface area (TPSA) is 12.0 Å². The summed E-state index contributed by atoms with van der Waals surface area (Å²) in [5, 5.41) is 3.24. The summed E-state index contributed by atoms with van der Waals surface area (Å²) in [4.78, 5) is 0. The van der Waals surface area contributed by atoms with Gasteiger partial charge in [-0.3, -0.25) is 0 Å². The summed E-state index contributed by atoms with van der Waals surface area (Å²) < 4.78 is 150. The van der Waals surface area contributed by atoms with E-state index < -0.39 is 47.0 Å². The lowest BCUT2D eigenvalue weighted by Gasteiger charge is -2.16. The molecule has 0 heterocycles. The van der Waals surface area contributed by atoms with E-state index in [0.29, 0.717) is 12.8 Å². The minimum atomic E-state index is -4.77. The molecule has 0 aromatic heterocycles. The number of hydrogen-bond acceptors (Lipinski definition) is 1. The zero-order valence-electron chi connectivity index (χ0n) is 24.1. The van der Waals surface area contributed by atoms with Crippen molar-refractivity contribution < 1.29 is 52.7 Å². The van der Waals surface area contributed by atoms with Gasteiger partial charge in [0.2, 0.25) is 0 Å². The maximum absolute atomic E-state index is 12.5. The van der Waals surface area contributed by atoms with Gasteiger partial charge in [-0.25, -0.2) is 0 Å². The minimum Gasteiger partial charge on any atom is -0.316 e. The van der Waals surface area contributed by atoms with Crippen molar-refractivity contribution in [3.05, 3.63) is 69.8 Å². The SMILES string of the molecule is CCC(C)c1cc(C(F)(F)F)cc(C(F)(F)F)c1.CCC(C)c1cc(C(F)(F)F)cc(C(F)(F)F)c1.PCCNCCP. The molecule has 0 aliphatic heterocycles. The first kappa shape index (κ1) is 41.4. The minimum absolute atomic E-state index is 0.0552. The lowest BCUT2D eigenvalue weighted by atomic mass is 9.94. The van der Waals surface area contributed by atoms with Crippen molar-refractivity contribution in [3.8, 4) is 0 Å². The average molecular weight is 678 g/mol. The van der Waals surface area contributed by atoms with Crippen LogP contribution in [-0.2, 0) is 24.7 Å². The highest BCUT2D eigenvalue weighted by atomic mass is 31.0. The molecular formula is C28H37F12NP2. The van der Waals surface area contributed by atoms with Gasteiger partial charge in [-0.2, -0.15) is 52.7 Å². The van der Waals surface area contributed by atoms with Gasteiger partial charge in [0.15, 0.2) is 0 Å². The van der Waals surface area contributed by atoms with Crippen molar-refractivity contribution in [1.29, 1.82) is 0 Å². The summed E-state index contributed by atoms with van der Waals surface area (Å²) in [6.45, 7) is 8.85. The quantitative estimate of drug-likeness (QED) is 0.167. The molecule has 15 heteroatoms. The lowest BCUT2D eigenvalue weighted by Crippen LogP contribution is -2.18. The third-order valence-corrected chi connectivity index (χ3v) is 6.80. The molecule has 0 aliphatic carbocycles. The molecular weight excluding hydrogens is 640 g/mol. The summed E-state index contributed by atoms with van der Waals surface area (Å²) in [5.41, 5.74) is -4.92. The summed E-state index contributed by atoms with van der Waals surface area (Å²) in [6, 6.07) is 3.41. The lowest BCUT2D eigenvalue weighted by molar-refractivity contribution is -0.144. The van der Waals surface area contributed by atoms with E-state index >= 15 is 0 Å². The van der Waals surface area contributed by atoms with Crippen LogP contribution in [0.3, 0.4) is 0 Å². The summed E-state index contributed by atoms with van der Waals surface area (Å²) in [7, 11) is 5.36.